The second kappa shape index (κ2) is 6.54. The summed E-state index contributed by atoms with van der Waals surface area (Å²) in [6.45, 7) is 3.19. The highest BCUT2D eigenvalue weighted by molar-refractivity contribution is 7.15. The number of hydrogen-bond acceptors (Lipinski definition) is 4. The number of benzene rings is 1. The van der Waals surface area contributed by atoms with Crippen LogP contribution in [0.2, 0.25) is 5.02 Å². The Morgan fingerprint density at radius 2 is 2.05 bits per heavy atom. The van der Waals surface area contributed by atoms with Crippen molar-refractivity contribution in [2.75, 3.05) is 18.4 Å². The highest BCUT2D eigenvalue weighted by atomic mass is 35.5. The Balaban J connectivity index is 1.73. The number of nitrogens with one attached hydrogen (secondary N) is 2. The van der Waals surface area contributed by atoms with Crippen molar-refractivity contribution >= 4 is 34.0 Å². The minimum Gasteiger partial charge on any atom is -0.360 e. The number of thiazole rings is 1. The van der Waals surface area contributed by atoms with Gasteiger partial charge in [0.1, 0.15) is 0 Å². The fourth-order valence-electron chi connectivity index (χ4n) is 1.49. The molecule has 0 aliphatic heterocycles. The van der Waals surface area contributed by atoms with E-state index in [2.05, 4.69) is 15.6 Å². The van der Waals surface area contributed by atoms with E-state index in [-0.39, 0.29) is 5.91 Å². The van der Waals surface area contributed by atoms with Crippen LogP contribution in [-0.4, -0.2) is 24.0 Å². The predicted octanol–water partition coefficient (Wildman–Crippen LogP) is 2.95. The summed E-state index contributed by atoms with van der Waals surface area (Å²) in [6, 6.07) is 6.81. The molecule has 1 amide bonds. The second-order valence-corrected chi connectivity index (χ2v) is 5.64. The summed E-state index contributed by atoms with van der Waals surface area (Å²) in [5, 5.41) is 7.48. The molecule has 2 N–H and O–H groups in total. The van der Waals surface area contributed by atoms with E-state index in [9.17, 15) is 4.79 Å². The molecule has 2 aromatic rings. The van der Waals surface area contributed by atoms with Gasteiger partial charge in [-0.1, -0.05) is 11.6 Å². The van der Waals surface area contributed by atoms with E-state index in [1.54, 1.807) is 35.6 Å². The van der Waals surface area contributed by atoms with Crippen LogP contribution in [0.5, 0.6) is 0 Å². The van der Waals surface area contributed by atoms with E-state index in [0.29, 0.717) is 23.7 Å². The van der Waals surface area contributed by atoms with Crippen LogP contribution in [0.3, 0.4) is 0 Å². The third-order valence-corrected chi connectivity index (χ3v) is 3.54. The van der Waals surface area contributed by atoms with Crippen LogP contribution in [0.15, 0.2) is 30.5 Å². The molecule has 0 radical (unpaired) electrons. The lowest BCUT2D eigenvalue weighted by atomic mass is 10.2. The van der Waals surface area contributed by atoms with E-state index >= 15 is 0 Å². The molecule has 0 bridgehead atoms. The number of halogens is 1. The van der Waals surface area contributed by atoms with Gasteiger partial charge in [-0.2, -0.15) is 0 Å². The van der Waals surface area contributed by atoms with Gasteiger partial charge >= 0.3 is 0 Å². The zero-order valence-electron chi connectivity index (χ0n) is 10.4. The number of carbonyl (C=O) groups excluding carboxylic acids is 1. The number of nitrogens with zero attached hydrogens (tertiary/aromatic N) is 1. The van der Waals surface area contributed by atoms with Crippen LogP contribution in [0.1, 0.15) is 15.2 Å². The van der Waals surface area contributed by atoms with Crippen LogP contribution in [-0.2, 0) is 0 Å². The first-order valence-corrected chi connectivity index (χ1v) is 7.04. The summed E-state index contributed by atoms with van der Waals surface area (Å²) in [7, 11) is 0. The molecule has 2 rings (SSSR count). The predicted molar refractivity (Wildman–Crippen MR) is 79.1 cm³/mol. The largest absolute Gasteiger partial charge is 0.360 e. The Morgan fingerprint density at radius 1 is 1.32 bits per heavy atom. The molecular formula is C13H14ClN3OS. The van der Waals surface area contributed by atoms with Crippen LogP contribution in [0, 0.1) is 6.92 Å². The van der Waals surface area contributed by atoms with E-state index in [4.69, 9.17) is 11.6 Å². The Morgan fingerprint density at radius 3 is 2.68 bits per heavy atom. The second-order valence-electron chi connectivity index (χ2n) is 3.97. The van der Waals surface area contributed by atoms with Crippen molar-refractivity contribution in [3.63, 3.8) is 0 Å². The quantitative estimate of drug-likeness (QED) is 0.834. The van der Waals surface area contributed by atoms with Gasteiger partial charge in [0.2, 0.25) is 0 Å². The first-order valence-electron chi connectivity index (χ1n) is 5.85. The minimum atomic E-state index is -0.103. The molecule has 0 unspecified atom stereocenters. The van der Waals surface area contributed by atoms with E-state index in [1.165, 1.54) is 0 Å². The number of aromatic nitrogens is 1. The third-order valence-electron chi connectivity index (χ3n) is 2.41. The van der Waals surface area contributed by atoms with Gasteiger partial charge in [-0.25, -0.2) is 4.98 Å². The zero-order chi connectivity index (χ0) is 13.7. The molecule has 4 nitrogen and oxygen atoms in total. The van der Waals surface area contributed by atoms with Crippen molar-refractivity contribution in [3.8, 4) is 0 Å². The van der Waals surface area contributed by atoms with Crippen molar-refractivity contribution in [2.24, 2.45) is 0 Å². The lowest BCUT2D eigenvalue weighted by Gasteiger charge is -2.06. The highest BCUT2D eigenvalue weighted by Gasteiger charge is 2.04. The summed E-state index contributed by atoms with van der Waals surface area (Å²) < 4.78 is 0. The van der Waals surface area contributed by atoms with Gasteiger partial charge in [-0.3, -0.25) is 4.79 Å². The number of carbonyl (C=O) groups is 1. The average Bonchev–Trinajstić information content (AvgIpc) is 2.81. The Bertz CT molecular complexity index is 553. The maximum Gasteiger partial charge on any atom is 0.251 e. The van der Waals surface area contributed by atoms with Crippen molar-refractivity contribution in [3.05, 3.63) is 45.9 Å². The van der Waals surface area contributed by atoms with Gasteiger partial charge in [0.15, 0.2) is 5.13 Å². The molecule has 1 aromatic heterocycles. The summed E-state index contributed by atoms with van der Waals surface area (Å²) in [6.07, 6.45) is 1.82. The fourth-order valence-corrected chi connectivity index (χ4v) is 2.30. The van der Waals surface area contributed by atoms with Crippen LogP contribution in [0.4, 0.5) is 5.13 Å². The monoisotopic (exact) mass is 295 g/mol. The molecule has 0 saturated heterocycles. The van der Waals surface area contributed by atoms with E-state index in [1.807, 2.05) is 13.1 Å². The molecule has 0 saturated carbocycles. The van der Waals surface area contributed by atoms with Gasteiger partial charge in [0.05, 0.1) is 0 Å². The molecule has 0 spiro atoms. The fraction of sp³-hybridized carbons (Fsp3) is 0.231. The Kier molecular flexibility index (Phi) is 4.76. The van der Waals surface area contributed by atoms with Crippen molar-refractivity contribution in [1.29, 1.82) is 0 Å². The smallest absolute Gasteiger partial charge is 0.251 e. The third kappa shape index (κ3) is 4.22. The summed E-state index contributed by atoms with van der Waals surface area (Å²) in [5.74, 6) is -0.103. The number of aryl methyl sites for hydroxylation is 1. The normalized spacial score (nSPS) is 10.2. The molecule has 6 heteroatoms. The Hall–Kier alpha value is -1.59. The number of amides is 1. The summed E-state index contributed by atoms with van der Waals surface area (Å²) in [5.41, 5.74) is 0.606. The zero-order valence-corrected chi connectivity index (χ0v) is 12.0. The van der Waals surface area contributed by atoms with Crippen molar-refractivity contribution in [1.82, 2.24) is 10.3 Å². The molecule has 0 fully saturated rings. The van der Waals surface area contributed by atoms with Gasteiger partial charge < -0.3 is 10.6 Å². The average molecular weight is 296 g/mol. The summed E-state index contributed by atoms with van der Waals surface area (Å²) in [4.78, 5) is 17.1. The molecule has 0 atom stereocenters. The maximum absolute atomic E-state index is 11.8. The molecular weight excluding hydrogens is 282 g/mol. The lowest BCUT2D eigenvalue weighted by Crippen LogP contribution is -2.28. The van der Waals surface area contributed by atoms with Crippen molar-refractivity contribution < 1.29 is 4.79 Å². The highest BCUT2D eigenvalue weighted by Crippen LogP contribution is 2.15. The molecule has 0 aliphatic rings. The minimum absolute atomic E-state index is 0.103. The standard InChI is InChI=1S/C13H14ClN3OS/c1-9-8-17-13(19-9)16-7-6-15-12(18)10-2-4-11(14)5-3-10/h2-5,8H,6-7H2,1H3,(H,15,18)(H,16,17). The molecule has 1 aromatic carbocycles. The Labute approximate surface area is 120 Å². The van der Waals surface area contributed by atoms with Gasteiger partial charge in [-0.15, -0.1) is 11.3 Å². The van der Waals surface area contributed by atoms with Crippen LogP contribution in [0.25, 0.3) is 0 Å². The molecule has 19 heavy (non-hydrogen) atoms. The molecule has 100 valence electrons. The van der Waals surface area contributed by atoms with Gasteiger partial charge in [0, 0.05) is 34.7 Å². The first-order chi connectivity index (χ1) is 9.15. The first kappa shape index (κ1) is 13.8. The number of rotatable bonds is 5. The SMILES string of the molecule is Cc1cnc(NCCNC(=O)c2ccc(Cl)cc2)s1. The molecule has 0 aliphatic carbocycles. The van der Waals surface area contributed by atoms with Crippen molar-refractivity contribution in [2.45, 2.75) is 6.92 Å². The number of hydrogen-bond donors (Lipinski definition) is 2. The van der Waals surface area contributed by atoms with Gasteiger partial charge in [-0.05, 0) is 31.2 Å². The van der Waals surface area contributed by atoms with E-state index < -0.39 is 0 Å². The number of anilines is 1. The topological polar surface area (TPSA) is 54.0 Å². The lowest BCUT2D eigenvalue weighted by molar-refractivity contribution is 0.0955. The van der Waals surface area contributed by atoms with Crippen LogP contribution < -0.4 is 10.6 Å². The van der Waals surface area contributed by atoms with E-state index in [0.717, 1.165) is 10.0 Å². The van der Waals surface area contributed by atoms with Crippen LogP contribution >= 0.6 is 22.9 Å². The summed E-state index contributed by atoms with van der Waals surface area (Å²) >= 11 is 7.36. The molecule has 1 heterocycles. The maximum atomic E-state index is 11.8. The van der Waals surface area contributed by atoms with Gasteiger partial charge in [0.25, 0.3) is 5.91 Å².